The standard InChI is InChI=1S/2C20H24F2NO.2C5H5.Ti/c2*1-2-3-9-18(24)12-13-23(15-16-7-5-4-6-8-16)20-11-10-17(21)14-19(20)22;2*1-2-4-5-3-1;/h2*4-8,10-11,18,24H,2-3,9,12-13,15H2,1H3;2*1-5H;/q4*-1;+4. The normalized spacial score (nSPS) is 11.3. The molecule has 6 aromatic rings. The zero-order valence-electron chi connectivity index (χ0n) is 34.3. The summed E-state index contributed by atoms with van der Waals surface area (Å²) >= 11 is 0. The Morgan fingerprint density at radius 3 is 1.15 bits per heavy atom. The summed E-state index contributed by atoms with van der Waals surface area (Å²) in [6.07, 6.45) is 5.77. The van der Waals surface area contributed by atoms with Crippen LogP contribution in [0.1, 0.15) is 76.3 Å². The van der Waals surface area contributed by atoms with E-state index in [0.29, 0.717) is 50.4 Å². The van der Waals surface area contributed by atoms with E-state index >= 15 is 0 Å². The molecule has 0 bridgehead atoms. The molecule has 0 heterocycles. The molecule has 6 aromatic carbocycles. The van der Waals surface area contributed by atoms with Crippen molar-refractivity contribution in [3.05, 3.63) is 192 Å². The van der Waals surface area contributed by atoms with Gasteiger partial charge in [0, 0.05) is 49.4 Å². The van der Waals surface area contributed by atoms with Crippen molar-refractivity contribution < 1.29 is 49.5 Å². The second-order valence-electron chi connectivity index (χ2n) is 13.9. The van der Waals surface area contributed by atoms with Gasteiger partial charge >= 0.3 is 21.7 Å². The molecule has 0 spiro atoms. The molecule has 0 radical (unpaired) electrons. The molecule has 2 atom stereocenters. The van der Waals surface area contributed by atoms with Crippen molar-refractivity contribution >= 4 is 11.4 Å². The Bertz CT molecular complexity index is 1690. The van der Waals surface area contributed by atoms with Gasteiger partial charge in [-0.15, -0.1) is 36.4 Å². The minimum absolute atomic E-state index is 0. The van der Waals surface area contributed by atoms with Crippen LogP contribution >= 0.6 is 0 Å². The Morgan fingerprint density at radius 2 is 0.864 bits per heavy atom. The predicted molar refractivity (Wildman–Crippen MR) is 230 cm³/mol. The molecule has 0 saturated heterocycles. The zero-order chi connectivity index (χ0) is 41.8. The van der Waals surface area contributed by atoms with Crippen LogP contribution in [-0.4, -0.2) is 35.5 Å². The van der Waals surface area contributed by atoms with Gasteiger partial charge in [-0.25, -0.2) is 41.8 Å². The summed E-state index contributed by atoms with van der Waals surface area (Å²) in [6.45, 7) is 6.15. The maximum Gasteiger partial charge on any atom is 4.00 e. The first-order valence-corrected chi connectivity index (χ1v) is 20.2. The van der Waals surface area contributed by atoms with Crippen molar-refractivity contribution in [3.63, 3.8) is 0 Å². The Morgan fingerprint density at radius 1 is 0.508 bits per heavy atom. The second kappa shape index (κ2) is 30.6. The van der Waals surface area contributed by atoms with E-state index in [0.717, 1.165) is 49.7 Å². The molecule has 2 N–H and O–H groups in total. The quantitative estimate of drug-likeness (QED) is 0.0514. The van der Waals surface area contributed by atoms with Crippen LogP contribution in [0.25, 0.3) is 0 Å². The van der Waals surface area contributed by atoms with Gasteiger partial charge < -0.3 is 20.0 Å². The van der Waals surface area contributed by atoms with E-state index in [9.17, 15) is 27.8 Å². The average molecular weight is 843 g/mol. The summed E-state index contributed by atoms with van der Waals surface area (Å²) in [5, 5.41) is 20.1. The van der Waals surface area contributed by atoms with Crippen LogP contribution < -0.4 is 9.80 Å². The molecule has 6 rings (SSSR count). The number of rotatable bonds is 18. The van der Waals surface area contributed by atoms with E-state index in [4.69, 9.17) is 0 Å². The van der Waals surface area contributed by atoms with Crippen molar-refractivity contribution in [2.45, 2.75) is 90.5 Å². The van der Waals surface area contributed by atoms with Gasteiger partial charge in [0.15, 0.2) is 0 Å². The fourth-order valence-electron chi connectivity index (χ4n) is 5.96. The van der Waals surface area contributed by atoms with Crippen LogP contribution in [0, 0.1) is 35.4 Å². The topological polar surface area (TPSA) is 46.9 Å². The van der Waals surface area contributed by atoms with Crippen LogP contribution in [-0.2, 0) is 34.8 Å². The van der Waals surface area contributed by atoms with E-state index in [-0.39, 0.29) is 21.7 Å². The molecule has 0 amide bonds. The van der Waals surface area contributed by atoms with Gasteiger partial charge in [-0.1, -0.05) is 100 Å². The maximum absolute atomic E-state index is 14.1. The Kier molecular flexibility index (Phi) is 26.2. The first kappa shape index (κ1) is 50.7. The van der Waals surface area contributed by atoms with Crippen LogP contribution in [0.15, 0.2) is 146 Å². The largest absolute Gasteiger partial charge is 4.00 e. The molecule has 0 aliphatic rings. The van der Waals surface area contributed by atoms with Gasteiger partial charge in [0.2, 0.25) is 0 Å². The molecular weight excluding hydrogens is 784 g/mol. The number of aliphatic hydroxyl groups is 2. The molecule has 0 aliphatic carbocycles. The summed E-state index contributed by atoms with van der Waals surface area (Å²) < 4.78 is 54.5. The summed E-state index contributed by atoms with van der Waals surface area (Å²) in [6, 6.07) is 48.9. The predicted octanol–water partition coefficient (Wildman–Crippen LogP) is 12.2. The number of benzene rings is 4. The van der Waals surface area contributed by atoms with E-state index < -0.39 is 35.5 Å². The molecule has 312 valence electrons. The Balaban J connectivity index is 0.000000323. The van der Waals surface area contributed by atoms with Crippen LogP contribution in [0.3, 0.4) is 0 Å². The molecule has 0 fully saturated rings. The van der Waals surface area contributed by atoms with Crippen molar-refractivity contribution in [1.29, 1.82) is 0 Å². The number of unbranched alkanes of at least 4 members (excludes halogenated alkanes) is 2. The Hall–Kier alpha value is -4.47. The van der Waals surface area contributed by atoms with Gasteiger partial charge in [-0.3, -0.25) is 0 Å². The van der Waals surface area contributed by atoms with E-state index in [1.54, 1.807) is 0 Å². The molecule has 0 saturated carbocycles. The van der Waals surface area contributed by atoms with Crippen molar-refractivity contribution in [1.82, 2.24) is 0 Å². The molecule has 2 unspecified atom stereocenters. The minimum Gasteiger partial charge on any atom is -0.417 e. The number of anilines is 2. The van der Waals surface area contributed by atoms with Gasteiger partial charge in [0.25, 0.3) is 0 Å². The fraction of sp³-hybridized carbons (Fsp3) is 0.320. The third-order valence-electron chi connectivity index (χ3n) is 9.15. The number of nitrogens with zero attached hydrogens (tertiary/aromatic N) is 2. The molecule has 9 heteroatoms. The maximum atomic E-state index is 14.1. The van der Waals surface area contributed by atoms with E-state index in [1.165, 1.54) is 24.3 Å². The molecule has 59 heavy (non-hydrogen) atoms. The molecular formula is C50H58F4N2O2Ti. The minimum atomic E-state index is -0.709. The van der Waals surface area contributed by atoms with Gasteiger partial charge in [-0.05, 0) is 48.2 Å². The van der Waals surface area contributed by atoms with Gasteiger partial charge in [0.1, 0.15) is 0 Å². The Labute approximate surface area is 364 Å². The van der Waals surface area contributed by atoms with Crippen molar-refractivity contribution in [2.24, 2.45) is 0 Å². The van der Waals surface area contributed by atoms with Crippen LogP contribution in [0.2, 0.25) is 0 Å². The third-order valence-corrected chi connectivity index (χ3v) is 9.15. The van der Waals surface area contributed by atoms with Crippen LogP contribution in [0.4, 0.5) is 28.9 Å². The summed E-state index contributed by atoms with van der Waals surface area (Å²) in [5.74, 6) is -2.82. The van der Waals surface area contributed by atoms with Gasteiger partial charge in [-0.2, -0.15) is 36.4 Å². The molecule has 0 aromatic heterocycles. The van der Waals surface area contributed by atoms with Crippen molar-refractivity contribution in [3.8, 4) is 0 Å². The second-order valence-corrected chi connectivity index (χ2v) is 13.9. The first-order valence-electron chi connectivity index (χ1n) is 20.2. The van der Waals surface area contributed by atoms with Gasteiger partial charge in [0.05, 0.1) is 12.2 Å². The smallest absolute Gasteiger partial charge is 0.417 e. The monoisotopic (exact) mass is 842 g/mol. The molecule has 0 aliphatic heterocycles. The first-order chi connectivity index (χ1) is 28.2. The van der Waals surface area contributed by atoms with E-state index in [1.807, 2.05) is 131 Å². The zero-order valence-corrected chi connectivity index (χ0v) is 35.9. The average Bonchev–Trinajstić information content (AvgIpc) is 4.02. The third kappa shape index (κ3) is 21.4. The fourth-order valence-corrected chi connectivity index (χ4v) is 5.96. The van der Waals surface area contributed by atoms with Crippen molar-refractivity contribution in [2.75, 3.05) is 22.9 Å². The van der Waals surface area contributed by atoms with E-state index in [2.05, 4.69) is 26.0 Å². The SMILES string of the molecule is CCCCC(O)CCN(Cc1ccccc1)c1ccc(F)[c-]c1F.CCCCC(O)CCN(Cc1ccccc1)c1ccc(F)[c-]c1F.[Ti+4].c1cc[cH-]c1.c1cc[cH-]c1. The number of aliphatic hydroxyl groups excluding tert-OH is 2. The number of hydrogen-bond donors (Lipinski definition) is 2. The summed E-state index contributed by atoms with van der Waals surface area (Å²) in [4.78, 5) is 3.66. The number of halogens is 4. The summed E-state index contributed by atoms with van der Waals surface area (Å²) in [7, 11) is 0. The van der Waals surface area contributed by atoms with Crippen LogP contribution in [0.5, 0.6) is 0 Å². The summed E-state index contributed by atoms with van der Waals surface area (Å²) in [5.41, 5.74) is 2.68. The number of hydrogen-bond acceptors (Lipinski definition) is 4. The molecule has 4 nitrogen and oxygen atoms in total.